The van der Waals surface area contributed by atoms with E-state index in [-0.39, 0.29) is 30.1 Å². The Labute approximate surface area is 151 Å². The van der Waals surface area contributed by atoms with Crippen molar-refractivity contribution in [3.8, 4) is 0 Å². The maximum absolute atomic E-state index is 11.8. The molecule has 1 saturated carbocycles. The Morgan fingerprint density at radius 1 is 1.32 bits per heavy atom. The number of carbonyl (C=O) groups is 1. The Kier molecular flexibility index (Phi) is 9.79. The fraction of sp³-hybridized carbons (Fsp3) is 0.867. The van der Waals surface area contributed by atoms with E-state index >= 15 is 0 Å². The Balaban J connectivity index is 0.00000441. The molecule has 0 unspecified atom stereocenters. The maximum atomic E-state index is 11.8. The molecule has 0 radical (unpaired) electrons. The molecule has 1 aliphatic rings. The summed E-state index contributed by atoms with van der Waals surface area (Å²) in [5, 5.41) is 3.25. The summed E-state index contributed by atoms with van der Waals surface area (Å²) in [5.74, 6) is 0.472. The average molecular weight is 426 g/mol. The second-order valence-electron chi connectivity index (χ2n) is 6.65. The topological polar surface area (TPSA) is 80.0 Å². The van der Waals surface area contributed by atoms with Crippen molar-refractivity contribution in [3.05, 3.63) is 0 Å². The van der Waals surface area contributed by atoms with Gasteiger partial charge in [0, 0.05) is 19.6 Å². The monoisotopic (exact) mass is 426 g/mol. The van der Waals surface area contributed by atoms with Crippen LogP contribution in [0.5, 0.6) is 0 Å². The zero-order chi connectivity index (χ0) is 15.9. The van der Waals surface area contributed by atoms with Gasteiger partial charge >= 0.3 is 6.09 Å². The van der Waals surface area contributed by atoms with Gasteiger partial charge in [0.05, 0.1) is 6.54 Å². The van der Waals surface area contributed by atoms with E-state index in [1.165, 1.54) is 24.2 Å². The van der Waals surface area contributed by atoms with E-state index in [4.69, 9.17) is 10.5 Å². The fourth-order valence-electron chi connectivity index (χ4n) is 2.25. The molecule has 22 heavy (non-hydrogen) atoms. The number of nitrogens with two attached hydrogens (primary N) is 1. The number of nitrogens with one attached hydrogen (secondary N) is 1. The van der Waals surface area contributed by atoms with Gasteiger partial charge in [-0.1, -0.05) is 19.3 Å². The summed E-state index contributed by atoms with van der Waals surface area (Å²) in [6.07, 6.45) is 5.81. The van der Waals surface area contributed by atoms with Crippen molar-refractivity contribution in [1.82, 2.24) is 10.2 Å². The highest BCUT2D eigenvalue weighted by atomic mass is 127. The van der Waals surface area contributed by atoms with E-state index in [1.54, 1.807) is 7.05 Å². The van der Waals surface area contributed by atoms with Crippen LogP contribution in [0.2, 0.25) is 0 Å². The molecule has 6 nitrogen and oxygen atoms in total. The lowest BCUT2D eigenvalue weighted by atomic mass is 9.96. The van der Waals surface area contributed by atoms with E-state index in [2.05, 4.69) is 10.3 Å². The van der Waals surface area contributed by atoms with Gasteiger partial charge in [-0.3, -0.25) is 4.99 Å². The molecule has 1 fully saturated rings. The molecule has 1 rings (SSSR count). The van der Waals surface area contributed by atoms with Crippen molar-refractivity contribution in [1.29, 1.82) is 0 Å². The SMILES string of the molecule is CN(CCN=C(N)NC1CCCCC1)C(=O)OC(C)(C)C.I. The molecule has 0 aromatic rings. The molecule has 130 valence electrons. The van der Waals surface area contributed by atoms with Gasteiger partial charge in [-0.15, -0.1) is 24.0 Å². The Bertz CT molecular complexity index is 363. The van der Waals surface area contributed by atoms with Gasteiger partial charge in [0.1, 0.15) is 5.60 Å². The normalized spacial score (nSPS) is 16.6. The predicted octanol–water partition coefficient (Wildman–Crippen LogP) is 2.71. The van der Waals surface area contributed by atoms with Crippen LogP contribution in [0.1, 0.15) is 52.9 Å². The second-order valence-corrected chi connectivity index (χ2v) is 6.65. The summed E-state index contributed by atoms with van der Waals surface area (Å²) < 4.78 is 5.27. The summed E-state index contributed by atoms with van der Waals surface area (Å²) >= 11 is 0. The first-order valence-corrected chi connectivity index (χ1v) is 7.78. The van der Waals surface area contributed by atoms with Crippen molar-refractivity contribution in [3.63, 3.8) is 0 Å². The lowest BCUT2D eigenvalue weighted by Crippen LogP contribution is -2.41. The number of likely N-dealkylation sites (N-methyl/N-ethyl adjacent to an activating group) is 1. The van der Waals surface area contributed by atoms with Crippen LogP contribution in [-0.2, 0) is 4.74 Å². The summed E-state index contributed by atoms with van der Waals surface area (Å²) in [7, 11) is 1.70. The molecule has 7 heteroatoms. The summed E-state index contributed by atoms with van der Waals surface area (Å²) in [6.45, 7) is 6.51. The number of guanidine groups is 1. The molecule has 1 aliphatic carbocycles. The van der Waals surface area contributed by atoms with Crippen molar-refractivity contribution >= 4 is 36.0 Å². The highest BCUT2D eigenvalue weighted by Gasteiger charge is 2.19. The van der Waals surface area contributed by atoms with Crippen LogP contribution in [0, 0.1) is 0 Å². The van der Waals surface area contributed by atoms with Crippen molar-refractivity contribution in [2.24, 2.45) is 10.7 Å². The largest absolute Gasteiger partial charge is 0.444 e. The van der Waals surface area contributed by atoms with E-state index in [0.29, 0.717) is 25.1 Å². The molecule has 0 spiro atoms. The number of hydrogen-bond acceptors (Lipinski definition) is 3. The smallest absolute Gasteiger partial charge is 0.410 e. The minimum absolute atomic E-state index is 0. The lowest BCUT2D eigenvalue weighted by Gasteiger charge is -2.24. The molecule has 0 aliphatic heterocycles. The van der Waals surface area contributed by atoms with Gasteiger partial charge in [0.2, 0.25) is 0 Å². The van der Waals surface area contributed by atoms with E-state index in [9.17, 15) is 4.79 Å². The lowest BCUT2D eigenvalue weighted by molar-refractivity contribution is 0.0304. The Morgan fingerprint density at radius 2 is 1.91 bits per heavy atom. The molecule has 1 amide bonds. The molecule has 0 atom stereocenters. The minimum Gasteiger partial charge on any atom is -0.444 e. The third-order valence-electron chi connectivity index (χ3n) is 3.38. The zero-order valence-corrected chi connectivity index (χ0v) is 16.6. The van der Waals surface area contributed by atoms with Crippen molar-refractivity contribution in [2.45, 2.75) is 64.5 Å². The number of hydrogen-bond donors (Lipinski definition) is 2. The number of carbonyl (C=O) groups excluding carboxylic acids is 1. The predicted molar refractivity (Wildman–Crippen MR) is 101 cm³/mol. The molecular weight excluding hydrogens is 395 g/mol. The van der Waals surface area contributed by atoms with Gasteiger partial charge in [-0.25, -0.2) is 4.79 Å². The van der Waals surface area contributed by atoms with Crippen LogP contribution in [0.4, 0.5) is 4.79 Å². The van der Waals surface area contributed by atoms with Crippen LogP contribution in [0.15, 0.2) is 4.99 Å². The first-order valence-electron chi connectivity index (χ1n) is 7.78. The first-order chi connectivity index (χ1) is 9.78. The Hall–Kier alpha value is -0.730. The number of ether oxygens (including phenoxy) is 1. The molecule has 0 aromatic carbocycles. The number of aliphatic imine (C=N–C) groups is 1. The van der Waals surface area contributed by atoms with Gasteiger partial charge in [-0.2, -0.15) is 0 Å². The van der Waals surface area contributed by atoms with Gasteiger partial charge < -0.3 is 20.7 Å². The third kappa shape index (κ3) is 9.32. The standard InChI is InChI=1S/C15H30N4O2.HI/c1-15(2,3)21-14(20)19(4)11-10-17-13(16)18-12-8-6-5-7-9-12;/h12H,5-11H2,1-4H3,(H3,16,17,18);1H. The van der Waals surface area contributed by atoms with Crippen molar-refractivity contribution < 1.29 is 9.53 Å². The quantitative estimate of drug-likeness (QED) is 0.412. The molecular formula is C15H31IN4O2. The van der Waals surface area contributed by atoms with Crippen LogP contribution < -0.4 is 11.1 Å². The molecule has 0 heterocycles. The maximum Gasteiger partial charge on any atom is 0.410 e. The second kappa shape index (κ2) is 10.1. The number of nitrogens with zero attached hydrogens (tertiary/aromatic N) is 2. The van der Waals surface area contributed by atoms with Gasteiger partial charge in [0.15, 0.2) is 5.96 Å². The van der Waals surface area contributed by atoms with Gasteiger partial charge in [-0.05, 0) is 33.6 Å². The fourth-order valence-corrected chi connectivity index (χ4v) is 2.25. The average Bonchev–Trinajstić information content (AvgIpc) is 2.37. The summed E-state index contributed by atoms with van der Waals surface area (Å²) in [5.41, 5.74) is 5.40. The highest BCUT2D eigenvalue weighted by molar-refractivity contribution is 14.0. The van der Waals surface area contributed by atoms with Crippen LogP contribution in [-0.4, -0.2) is 48.7 Å². The summed E-state index contributed by atoms with van der Waals surface area (Å²) in [6, 6.07) is 0.450. The van der Waals surface area contributed by atoms with Crippen molar-refractivity contribution in [2.75, 3.05) is 20.1 Å². The number of halogens is 1. The van der Waals surface area contributed by atoms with Crippen LogP contribution >= 0.6 is 24.0 Å². The Morgan fingerprint density at radius 3 is 2.45 bits per heavy atom. The number of amides is 1. The summed E-state index contributed by atoms with van der Waals surface area (Å²) in [4.78, 5) is 17.5. The van der Waals surface area contributed by atoms with E-state index in [0.717, 1.165) is 12.8 Å². The van der Waals surface area contributed by atoms with Gasteiger partial charge in [0.25, 0.3) is 0 Å². The molecule has 0 bridgehead atoms. The van der Waals surface area contributed by atoms with E-state index in [1.807, 2.05) is 20.8 Å². The van der Waals surface area contributed by atoms with E-state index < -0.39 is 5.60 Å². The molecule has 0 aromatic heterocycles. The third-order valence-corrected chi connectivity index (χ3v) is 3.38. The first kappa shape index (κ1) is 21.3. The van der Waals surface area contributed by atoms with Crippen LogP contribution in [0.3, 0.4) is 0 Å². The zero-order valence-electron chi connectivity index (χ0n) is 14.2. The highest BCUT2D eigenvalue weighted by Crippen LogP contribution is 2.17. The number of rotatable bonds is 4. The molecule has 3 N–H and O–H groups in total. The minimum atomic E-state index is -0.476. The van der Waals surface area contributed by atoms with Crippen LogP contribution in [0.25, 0.3) is 0 Å². The molecule has 0 saturated heterocycles.